The van der Waals surface area contributed by atoms with Gasteiger partial charge in [-0.3, -0.25) is 9.59 Å². The van der Waals surface area contributed by atoms with E-state index in [2.05, 4.69) is 12.1 Å². The van der Waals surface area contributed by atoms with Gasteiger partial charge in [-0.25, -0.2) is 0 Å². The van der Waals surface area contributed by atoms with Crippen LogP contribution in [0.3, 0.4) is 0 Å². The molecule has 1 aromatic carbocycles. The van der Waals surface area contributed by atoms with Gasteiger partial charge in [0.25, 0.3) is 0 Å². The molecule has 0 aromatic heterocycles. The van der Waals surface area contributed by atoms with Crippen molar-refractivity contribution in [3.63, 3.8) is 0 Å². The number of carbonyl (C=O) groups excluding carboxylic acids is 1. The Morgan fingerprint density at radius 2 is 1.83 bits per heavy atom. The van der Waals surface area contributed by atoms with E-state index in [0.29, 0.717) is 12.3 Å². The van der Waals surface area contributed by atoms with Gasteiger partial charge in [0, 0.05) is 6.42 Å². The molecule has 4 heteroatoms. The first-order valence-electron chi connectivity index (χ1n) is 6.14. The molecule has 0 aliphatic heterocycles. The third-order valence-electron chi connectivity index (χ3n) is 3.55. The first kappa shape index (κ1) is 12.6. The zero-order valence-electron chi connectivity index (χ0n) is 10.1. The van der Waals surface area contributed by atoms with E-state index in [4.69, 9.17) is 10.8 Å². The van der Waals surface area contributed by atoms with E-state index >= 15 is 0 Å². The summed E-state index contributed by atoms with van der Waals surface area (Å²) < 4.78 is 0. The molecule has 2 rings (SSSR count). The van der Waals surface area contributed by atoms with Crippen LogP contribution in [0.15, 0.2) is 24.3 Å². The number of rotatable bonds is 5. The van der Waals surface area contributed by atoms with Crippen molar-refractivity contribution in [1.82, 2.24) is 0 Å². The summed E-state index contributed by atoms with van der Waals surface area (Å²) in [6.45, 7) is 0. The van der Waals surface area contributed by atoms with Crippen LogP contribution in [0.25, 0.3) is 0 Å². The summed E-state index contributed by atoms with van der Waals surface area (Å²) in [4.78, 5) is 22.0. The highest BCUT2D eigenvalue weighted by atomic mass is 16.4. The lowest BCUT2D eigenvalue weighted by Crippen LogP contribution is -2.24. The van der Waals surface area contributed by atoms with Gasteiger partial charge in [0.15, 0.2) is 0 Å². The summed E-state index contributed by atoms with van der Waals surface area (Å²) in [5.41, 5.74) is 7.68. The number of nitrogens with two attached hydrogens (primary N) is 1. The van der Waals surface area contributed by atoms with Crippen molar-refractivity contribution in [2.24, 2.45) is 17.6 Å². The van der Waals surface area contributed by atoms with Gasteiger partial charge >= 0.3 is 5.97 Å². The number of carbonyl (C=O) groups is 2. The molecule has 18 heavy (non-hydrogen) atoms. The first-order chi connectivity index (χ1) is 8.56. The number of benzene rings is 1. The number of primary amides is 1. The number of carboxylic acids is 1. The smallest absolute Gasteiger partial charge is 0.307 e. The highest BCUT2D eigenvalue weighted by Crippen LogP contribution is 2.31. The summed E-state index contributed by atoms with van der Waals surface area (Å²) in [5.74, 6) is -1.81. The highest BCUT2D eigenvalue weighted by Gasteiger charge is 2.28. The average molecular weight is 247 g/mol. The van der Waals surface area contributed by atoms with Crippen molar-refractivity contribution in [3.8, 4) is 0 Å². The molecule has 4 nitrogen and oxygen atoms in total. The molecule has 1 atom stereocenters. The van der Waals surface area contributed by atoms with Crippen LogP contribution in [0.1, 0.15) is 24.0 Å². The lowest BCUT2D eigenvalue weighted by molar-refractivity contribution is -0.144. The second kappa shape index (κ2) is 5.21. The fourth-order valence-electron chi connectivity index (χ4n) is 2.73. The average Bonchev–Trinajstić information content (AvgIpc) is 2.69. The first-order valence-corrected chi connectivity index (χ1v) is 6.14. The van der Waals surface area contributed by atoms with Crippen molar-refractivity contribution in [3.05, 3.63) is 35.4 Å². The van der Waals surface area contributed by atoms with E-state index in [9.17, 15) is 9.59 Å². The third-order valence-corrected chi connectivity index (χ3v) is 3.55. The quantitative estimate of drug-likeness (QED) is 0.824. The van der Waals surface area contributed by atoms with Crippen LogP contribution in [0.5, 0.6) is 0 Å². The second-order valence-electron chi connectivity index (χ2n) is 4.98. The van der Waals surface area contributed by atoms with Gasteiger partial charge in [-0.2, -0.15) is 0 Å². The van der Waals surface area contributed by atoms with Crippen LogP contribution < -0.4 is 5.73 Å². The van der Waals surface area contributed by atoms with Crippen molar-refractivity contribution >= 4 is 11.9 Å². The fourth-order valence-corrected chi connectivity index (χ4v) is 2.73. The molecule has 1 aliphatic rings. The summed E-state index contributed by atoms with van der Waals surface area (Å²) >= 11 is 0. The standard InChI is InChI=1S/C14H17NO3/c15-13(16)8-12(14(17)18)7-9-5-10-3-1-2-4-11(10)6-9/h1-4,9,12H,5-8H2,(H2,15,16)(H,17,18)/t12-/m1/s1. The van der Waals surface area contributed by atoms with E-state index in [1.165, 1.54) is 11.1 Å². The number of carboxylic acid groups (broad SMARTS) is 1. The lowest BCUT2D eigenvalue weighted by Gasteiger charge is -2.15. The monoisotopic (exact) mass is 247 g/mol. The highest BCUT2D eigenvalue weighted by molar-refractivity contribution is 5.81. The normalized spacial score (nSPS) is 16.2. The SMILES string of the molecule is NC(=O)C[C@@H](CC1Cc2ccccc2C1)C(=O)O. The maximum Gasteiger partial charge on any atom is 0.307 e. The van der Waals surface area contributed by atoms with Gasteiger partial charge in [-0.1, -0.05) is 24.3 Å². The number of hydrogen-bond donors (Lipinski definition) is 2. The molecule has 0 saturated carbocycles. The molecular formula is C14H17NO3. The zero-order valence-corrected chi connectivity index (χ0v) is 10.1. The van der Waals surface area contributed by atoms with Gasteiger partial charge < -0.3 is 10.8 Å². The fraction of sp³-hybridized carbons (Fsp3) is 0.429. The lowest BCUT2D eigenvalue weighted by atomic mass is 9.90. The molecule has 0 radical (unpaired) electrons. The van der Waals surface area contributed by atoms with Crippen LogP contribution in [0.4, 0.5) is 0 Å². The Morgan fingerprint density at radius 3 is 2.28 bits per heavy atom. The number of hydrogen-bond acceptors (Lipinski definition) is 2. The Bertz CT molecular complexity index is 445. The minimum atomic E-state index is -0.926. The van der Waals surface area contributed by atoms with Crippen LogP contribution in [-0.2, 0) is 22.4 Å². The van der Waals surface area contributed by atoms with Crippen LogP contribution in [-0.4, -0.2) is 17.0 Å². The molecule has 0 saturated heterocycles. The Hall–Kier alpha value is -1.84. The van der Waals surface area contributed by atoms with Crippen LogP contribution in [0, 0.1) is 11.8 Å². The summed E-state index contributed by atoms with van der Waals surface area (Å²) in [7, 11) is 0. The molecule has 0 spiro atoms. The largest absolute Gasteiger partial charge is 0.481 e. The minimum absolute atomic E-state index is 0.0673. The predicted octanol–water partition coefficient (Wildman–Crippen LogP) is 1.37. The molecule has 0 bridgehead atoms. The molecule has 1 aliphatic carbocycles. The molecule has 0 unspecified atom stereocenters. The van der Waals surface area contributed by atoms with Gasteiger partial charge in [-0.15, -0.1) is 0 Å². The number of amides is 1. The third kappa shape index (κ3) is 2.88. The zero-order chi connectivity index (χ0) is 13.1. The summed E-state index contributed by atoms with van der Waals surface area (Å²) in [6, 6.07) is 8.16. The Kier molecular flexibility index (Phi) is 3.65. The molecule has 0 heterocycles. The van der Waals surface area contributed by atoms with Gasteiger partial charge in [0.05, 0.1) is 5.92 Å². The second-order valence-corrected chi connectivity index (χ2v) is 4.98. The van der Waals surface area contributed by atoms with Gasteiger partial charge in [0.1, 0.15) is 0 Å². The molecule has 3 N–H and O–H groups in total. The van der Waals surface area contributed by atoms with E-state index in [1.807, 2.05) is 12.1 Å². The molecule has 0 fully saturated rings. The molecule has 1 amide bonds. The molecule has 96 valence electrons. The van der Waals surface area contributed by atoms with E-state index in [-0.39, 0.29) is 6.42 Å². The Morgan fingerprint density at radius 1 is 1.28 bits per heavy atom. The van der Waals surface area contributed by atoms with Crippen molar-refractivity contribution in [2.75, 3.05) is 0 Å². The van der Waals surface area contributed by atoms with E-state index < -0.39 is 17.8 Å². The Balaban J connectivity index is 1.99. The molecular weight excluding hydrogens is 230 g/mol. The van der Waals surface area contributed by atoms with Crippen LogP contribution in [0.2, 0.25) is 0 Å². The minimum Gasteiger partial charge on any atom is -0.481 e. The van der Waals surface area contributed by atoms with Gasteiger partial charge in [-0.05, 0) is 36.3 Å². The summed E-state index contributed by atoms with van der Waals surface area (Å²) in [5, 5.41) is 9.09. The van der Waals surface area contributed by atoms with Crippen molar-refractivity contribution in [2.45, 2.75) is 25.7 Å². The number of fused-ring (bicyclic) bond motifs is 1. The van der Waals surface area contributed by atoms with Crippen molar-refractivity contribution in [1.29, 1.82) is 0 Å². The Labute approximate surface area is 106 Å². The van der Waals surface area contributed by atoms with Gasteiger partial charge in [0.2, 0.25) is 5.91 Å². The molecule has 1 aromatic rings. The predicted molar refractivity (Wildman–Crippen MR) is 66.9 cm³/mol. The van der Waals surface area contributed by atoms with Crippen LogP contribution >= 0.6 is 0 Å². The topological polar surface area (TPSA) is 80.4 Å². The van der Waals surface area contributed by atoms with E-state index in [1.54, 1.807) is 0 Å². The maximum absolute atomic E-state index is 11.1. The summed E-state index contributed by atoms with van der Waals surface area (Å²) in [6.07, 6.45) is 2.26. The number of aliphatic carboxylic acids is 1. The maximum atomic E-state index is 11.1. The van der Waals surface area contributed by atoms with Crippen molar-refractivity contribution < 1.29 is 14.7 Å². The van der Waals surface area contributed by atoms with E-state index in [0.717, 1.165) is 12.8 Å².